The molecule has 3 nitrogen and oxygen atoms in total. The van der Waals surface area contributed by atoms with Crippen LogP contribution in [0.3, 0.4) is 0 Å². The average molecular weight is 297 g/mol. The first-order valence-electron chi connectivity index (χ1n) is 7.27. The molecule has 1 amide bonds. The first kappa shape index (κ1) is 17.0. The van der Waals surface area contributed by atoms with Crippen molar-refractivity contribution in [2.75, 3.05) is 26.7 Å². The maximum absolute atomic E-state index is 12.5. The Hall–Kier alpha value is -1.06. The van der Waals surface area contributed by atoms with Crippen LogP contribution < -0.4 is 5.32 Å². The number of amides is 1. The molecule has 1 aromatic carbocycles. The highest BCUT2D eigenvalue weighted by Gasteiger charge is 2.23. The van der Waals surface area contributed by atoms with E-state index < -0.39 is 0 Å². The number of piperidine rings is 1. The number of hydrogen-bond donors (Lipinski definition) is 1. The van der Waals surface area contributed by atoms with E-state index in [1.807, 2.05) is 24.1 Å². The predicted molar refractivity (Wildman–Crippen MR) is 85.6 cm³/mol. The molecule has 2 rings (SSSR count). The van der Waals surface area contributed by atoms with Crippen molar-refractivity contribution in [3.05, 3.63) is 35.4 Å². The molecule has 0 bridgehead atoms. The van der Waals surface area contributed by atoms with Crippen molar-refractivity contribution in [1.29, 1.82) is 0 Å². The number of hydrogen-bond acceptors (Lipinski definition) is 2. The fourth-order valence-electron chi connectivity index (χ4n) is 2.77. The quantitative estimate of drug-likeness (QED) is 0.926. The molecule has 0 saturated carbocycles. The van der Waals surface area contributed by atoms with Gasteiger partial charge in [-0.3, -0.25) is 4.79 Å². The van der Waals surface area contributed by atoms with Gasteiger partial charge < -0.3 is 10.2 Å². The van der Waals surface area contributed by atoms with Crippen molar-refractivity contribution in [2.45, 2.75) is 26.2 Å². The lowest BCUT2D eigenvalue weighted by Crippen LogP contribution is -2.42. The summed E-state index contributed by atoms with van der Waals surface area (Å²) in [6.45, 7) is 4.91. The van der Waals surface area contributed by atoms with Crippen LogP contribution in [0.25, 0.3) is 0 Å². The maximum atomic E-state index is 12.5. The normalized spacial score (nSPS) is 18.5. The van der Waals surface area contributed by atoms with E-state index in [2.05, 4.69) is 24.4 Å². The van der Waals surface area contributed by atoms with Gasteiger partial charge in [0, 0.05) is 18.7 Å². The molecule has 0 aromatic heterocycles. The Kier molecular flexibility index (Phi) is 7.03. The number of nitrogens with zero attached hydrogens (tertiary/aromatic N) is 1. The largest absolute Gasteiger partial charge is 0.338 e. The summed E-state index contributed by atoms with van der Waals surface area (Å²) >= 11 is 0. The Morgan fingerprint density at radius 1 is 1.35 bits per heavy atom. The lowest BCUT2D eigenvalue weighted by molar-refractivity contribution is 0.0674. The summed E-state index contributed by atoms with van der Waals surface area (Å²) in [6.07, 6.45) is 3.35. The zero-order valence-electron chi connectivity index (χ0n) is 12.4. The minimum Gasteiger partial charge on any atom is -0.338 e. The van der Waals surface area contributed by atoms with Gasteiger partial charge >= 0.3 is 0 Å². The number of halogens is 1. The fraction of sp³-hybridized carbons (Fsp3) is 0.562. The maximum Gasteiger partial charge on any atom is 0.253 e. The van der Waals surface area contributed by atoms with E-state index in [1.54, 1.807) is 0 Å². The second kappa shape index (κ2) is 8.28. The summed E-state index contributed by atoms with van der Waals surface area (Å²) in [5.74, 6) is 0.779. The molecular weight excluding hydrogens is 272 g/mol. The molecule has 4 heteroatoms. The molecule has 1 unspecified atom stereocenters. The summed E-state index contributed by atoms with van der Waals surface area (Å²) in [4.78, 5) is 14.5. The van der Waals surface area contributed by atoms with Crippen LogP contribution in [-0.2, 0) is 6.42 Å². The Morgan fingerprint density at radius 3 is 2.65 bits per heavy atom. The van der Waals surface area contributed by atoms with Crippen molar-refractivity contribution in [2.24, 2.45) is 5.92 Å². The van der Waals surface area contributed by atoms with Crippen LogP contribution in [0.4, 0.5) is 0 Å². The van der Waals surface area contributed by atoms with E-state index in [0.717, 1.165) is 38.0 Å². The molecule has 20 heavy (non-hydrogen) atoms. The molecule has 0 radical (unpaired) electrons. The van der Waals surface area contributed by atoms with Gasteiger partial charge in [0.1, 0.15) is 0 Å². The first-order chi connectivity index (χ1) is 9.24. The Morgan fingerprint density at radius 2 is 2.05 bits per heavy atom. The van der Waals surface area contributed by atoms with Crippen LogP contribution in [0.2, 0.25) is 0 Å². The molecule has 1 saturated heterocycles. The van der Waals surface area contributed by atoms with E-state index in [9.17, 15) is 4.79 Å². The molecule has 1 fully saturated rings. The Balaban J connectivity index is 0.00000200. The highest BCUT2D eigenvalue weighted by atomic mass is 35.5. The van der Waals surface area contributed by atoms with Gasteiger partial charge in [-0.2, -0.15) is 0 Å². The highest BCUT2D eigenvalue weighted by Crippen LogP contribution is 2.18. The molecule has 1 N–H and O–H groups in total. The second-order valence-electron chi connectivity index (χ2n) is 5.37. The van der Waals surface area contributed by atoms with Gasteiger partial charge in [-0.05, 0) is 56.5 Å². The number of carbonyl (C=O) groups excluding carboxylic acids is 1. The third kappa shape index (κ3) is 4.22. The van der Waals surface area contributed by atoms with E-state index in [4.69, 9.17) is 0 Å². The number of aryl methyl sites for hydroxylation is 1. The zero-order chi connectivity index (χ0) is 13.7. The van der Waals surface area contributed by atoms with Crippen molar-refractivity contribution in [1.82, 2.24) is 10.2 Å². The topological polar surface area (TPSA) is 32.3 Å². The third-order valence-corrected chi connectivity index (χ3v) is 3.91. The lowest BCUT2D eigenvalue weighted by atomic mass is 9.97. The molecule has 1 aromatic rings. The molecule has 1 aliphatic heterocycles. The highest BCUT2D eigenvalue weighted by molar-refractivity contribution is 5.94. The van der Waals surface area contributed by atoms with Gasteiger partial charge in [0.15, 0.2) is 0 Å². The molecule has 1 aliphatic rings. The van der Waals surface area contributed by atoms with Gasteiger partial charge in [-0.25, -0.2) is 0 Å². The van der Waals surface area contributed by atoms with Crippen molar-refractivity contribution in [3.63, 3.8) is 0 Å². The molecule has 112 valence electrons. The van der Waals surface area contributed by atoms with Crippen LogP contribution >= 0.6 is 12.4 Å². The summed E-state index contributed by atoms with van der Waals surface area (Å²) in [6, 6.07) is 8.04. The standard InChI is InChI=1S/C16H24N2O.ClH/c1-3-13-6-8-15(9-7-13)16(19)18-10-4-5-14(12-18)11-17-2;/h6-9,14,17H,3-5,10-12H2,1-2H3;1H. The monoisotopic (exact) mass is 296 g/mol. The van der Waals surface area contributed by atoms with Crippen LogP contribution in [-0.4, -0.2) is 37.5 Å². The molecular formula is C16H25ClN2O. The van der Waals surface area contributed by atoms with Crippen LogP contribution in [0, 0.1) is 5.92 Å². The fourth-order valence-corrected chi connectivity index (χ4v) is 2.77. The SMILES string of the molecule is CCc1ccc(C(=O)N2CCCC(CNC)C2)cc1.Cl. The number of carbonyl (C=O) groups is 1. The van der Waals surface area contributed by atoms with Crippen molar-refractivity contribution >= 4 is 18.3 Å². The van der Waals surface area contributed by atoms with Gasteiger partial charge in [0.2, 0.25) is 0 Å². The third-order valence-electron chi connectivity index (χ3n) is 3.91. The Bertz CT molecular complexity index is 417. The van der Waals surface area contributed by atoms with E-state index in [0.29, 0.717) is 5.92 Å². The van der Waals surface area contributed by atoms with Crippen LogP contribution in [0.15, 0.2) is 24.3 Å². The van der Waals surface area contributed by atoms with Crippen molar-refractivity contribution < 1.29 is 4.79 Å². The van der Waals surface area contributed by atoms with Gasteiger partial charge in [-0.1, -0.05) is 19.1 Å². The lowest BCUT2D eigenvalue weighted by Gasteiger charge is -2.32. The molecule has 1 heterocycles. The van der Waals surface area contributed by atoms with Gasteiger partial charge in [0.25, 0.3) is 5.91 Å². The first-order valence-corrected chi connectivity index (χ1v) is 7.27. The summed E-state index contributed by atoms with van der Waals surface area (Å²) in [7, 11) is 1.98. The smallest absolute Gasteiger partial charge is 0.253 e. The van der Waals surface area contributed by atoms with Crippen LogP contribution in [0.1, 0.15) is 35.7 Å². The van der Waals surface area contributed by atoms with E-state index in [-0.39, 0.29) is 18.3 Å². The van der Waals surface area contributed by atoms with Gasteiger partial charge in [-0.15, -0.1) is 12.4 Å². The van der Waals surface area contributed by atoms with E-state index in [1.165, 1.54) is 12.0 Å². The predicted octanol–water partition coefficient (Wildman–Crippen LogP) is 2.74. The number of rotatable bonds is 4. The summed E-state index contributed by atoms with van der Waals surface area (Å²) in [5, 5.41) is 3.21. The average Bonchev–Trinajstić information content (AvgIpc) is 2.47. The zero-order valence-corrected chi connectivity index (χ0v) is 13.2. The minimum atomic E-state index is 0. The summed E-state index contributed by atoms with van der Waals surface area (Å²) < 4.78 is 0. The minimum absolute atomic E-state index is 0. The Labute approximate surface area is 128 Å². The molecule has 0 aliphatic carbocycles. The number of nitrogens with one attached hydrogen (secondary N) is 1. The van der Waals surface area contributed by atoms with Gasteiger partial charge in [0.05, 0.1) is 0 Å². The number of likely N-dealkylation sites (tertiary alicyclic amines) is 1. The van der Waals surface area contributed by atoms with Crippen molar-refractivity contribution in [3.8, 4) is 0 Å². The number of benzene rings is 1. The second-order valence-corrected chi connectivity index (χ2v) is 5.37. The molecule has 1 atom stereocenters. The van der Waals surface area contributed by atoms with Crippen LogP contribution in [0.5, 0.6) is 0 Å². The molecule has 0 spiro atoms. The van der Waals surface area contributed by atoms with E-state index >= 15 is 0 Å². The summed E-state index contributed by atoms with van der Waals surface area (Å²) in [5.41, 5.74) is 2.10.